The molecular formula is C19H24N2O3. The molecule has 0 radical (unpaired) electrons. The molecule has 1 spiro atoms. The van der Waals surface area contributed by atoms with E-state index in [1.165, 1.54) is 0 Å². The molecule has 1 aliphatic carbocycles. The minimum atomic E-state index is -0.626. The molecule has 5 nitrogen and oxygen atoms in total. The summed E-state index contributed by atoms with van der Waals surface area (Å²) in [5, 5.41) is 0. The molecular weight excluding hydrogens is 304 g/mol. The molecule has 2 aliphatic heterocycles. The second-order valence-corrected chi connectivity index (χ2v) is 7.13. The first-order valence-electron chi connectivity index (χ1n) is 8.93. The molecule has 0 bridgehead atoms. The molecule has 1 unspecified atom stereocenters. The molecule has 2 saturated heterocycles. The Hall–Kier alpha value is -2.04. The Morgan fingerprint density at radius 1 is 1.17 bits per heavy atom. The largest absolute Gasteiger partial charge is 0.496 e. The summed E-state index contributed by atoms with van der Waals surface area (Å²) in [6.07, 6.45) is 5.68. The lowest BCUT2D eigenvalue weighted by molar-refractivity contribution is -0.146. The molecule has 5 heteroatoms. The Morgan fingerprint density at radius 2 is 1.88 bits per heavy atom. The van der Waals surface area contributed by atoms with Gasteiger partial charge in [0.1, 0.15) is 11.3 Å². The number of ether oxygens (including phenoxy) is 1. The Morgan fingerprint density at radius 3 is 2.58 bits per heavy atom. The Bertz CT molecular complexity index is 670. The summed E-state index contributed by atoms with van der Waals surface area (Å²) in [6.45, 7) is 1.50. The monoisotopic (exact) mass is 328 g/mol. The maximum absolute atomic E-state index is 13.2. The van der Waals surface area contributed by atoms with Gasteiger partial charge in [-0.2, -0.15) is 0 Å². The van der Waals surface area contributed by atoms with Crippen molar-refractivity contribution in [3.8, 4) is 5.75 Å². The van der Waals surface area contributed by atoms with Crippen LogP contribution in [0.25, 0.3) is 0 Å². The number of hydrogen-bond donors (Lipinski definition) is 0. The van der Waals surface area contributed by atoms with Gasteiger partial charge in [-0.1, -0.05) is 12.1 Å². The van der Waals surface area contributed by atoms with Crippen LogP contribution in [0.2, 0.25) is 0 Å². The van der Waals surface area contributed by atoms with Crippen LogP contribution in [0.15, 0.2) is 24.3 Å². The Balaban J connectivity index is 1.66. The van der Waals surface area contributed by atoms with E-state index >= 15 is 0 Å². The molecule has 3 fully saturated rings. The van der Waals surface area contributed by atoms with E-state index in [-0.39, 0.29) is 11.8 Å². The second-order valence-electron chi connectivity index (χ2n) is 7.13. The number of para-hydroxylation sites is 1. The fourth-order valence-electron chi connectivity index (χ4n) is 4.38. The zero-order chi connectivity index (χ0) is 16.7. The van der Waals surface area contributed by atoms with E-state index in [2.05, 4.69) is 0 Å². The van der Waals surface area contributed by atoms with Crippen molar-refractivity contribution in [2.75, 3.05) is 20.2 Å². The third kappa shape index (κ3) is 2.29. The van der Waals surface area contributed by atoms with Crippen molar-refractivity contribution < 1.29 is 14.3 Å². The molecule has 2 amide bonds. The second kappa shape index (κ2) is 5.80. The van der Waals surface area contributed by atoms with Crippen LogP contribution in [0.3, 0.4) is 0 Å². The highest BCUT2D eigenvalue weighted by atomic mass is 16.5. The average Bonchev–Trinajstić information content (AvgIpc) is 3.37. The highest BCUT2D eigenvalue weighted by Gasteiger charge is 2.54. The zero-order valence-electron chi connectivity index (χ0n) is 14.2. The molecule has 1 saturated carbocycles. The van der Waals surface area contributed by atoms with E-state index in [1.54, 1.807) is 19.2 Å². The third-order valence-electron chi connectivity index (χ3n) is 5.71. The molecule has 4 rings (SSSR count). The Kier molecular flexibility index (Phi) is 3.74. The van der Waals surface area contributed by atoms with Gasteiger partial charge in [0.2, 0.25) is 5.91 Å². The van der Waals surface area contributed by atoms with Crippen molar-refractivity contribution in [1.82, 2.24) is 9.80 Å². The number of likely N-dealkylation sites (tertiary alicyclic amines) is 2. The molecule has 2 heterocycles. The van der Waals surface area contributed by atoms with Gasteiger partial charge in [-0.3, -0.25) is 9.59 Å². The van der Waals surface area contributed by atoms with Gasteiger partial charge in [0.25, 0.3) is 5.91 Å². The number of benzene rings is 1. The first-order chi connectivity index (χ1) is 11.7. The van der Waals surface area contributed by atoms with E-state index in [0.29, 0.717) is 23.9 Å². The van der Waals surface area contributed by atoms with E-state index < -0.39 is 5.54 Å². The van der Waals surface area contributed by atoms with E-state index in [1.807, 2.05) is 21.9 Å². The summed E-state index contributed by atoms with van der Waals surface area (Å²) in [4.78, 5) is 30.3. The van der Waals surface area contributed by atoms with Gasteiger partial charge in [0.15, 0.2) is 0 Å². The van der Waals surface area contributed by atoms with Crippen LogP contribution in [-0.4, -0.2) is 53.4 Å². The van der Waals surface area contributed by atoms with Crippen LogP contribution in [0.4, 0.5) is 0 Å². The standard InChI is InChI=1S/C19H24N2O3/c1-24-16-7-3-2-6-15(16)17(22)21-13-5-11-19(21)10-4-12-20(18(19)23)14-8-9-14/h2-3,6-7,14H,4-5,8-13H2,1H3. The van der Waals surface area contributed by atoms with Crippen LogP contribution < -0.4 is 4.74 Å². The smallest absolute Gasteiger partial charge is 0.258 e. The Labute approximate surface area is 142 Å². The van der Waals surface area contributed by atoms with Gasteiger partial charge in [0.05, 0.1) is 12.7 Å². The number of carbonyl (C=O) groups is 2. The van der Waals surface area contributed by atoms with Crippen molar-refractivity contribution >= 4 is 11.8 Å². The van der Waals surface area contributed by atoms with E-state index in [0.717, 1.165) is 45.1 Å². The van der Waals surface area contributed by atoms with Crippen molar-refractivity contribution in [1.29, 1.82) is 0 Å². The molecule has 1 aromatic rings. The van der Waals surface area contributed by atoms with Gasteiger partial charge in [-0.05, 0) is 50.7 Å². The summed E-state index contributed by atoms with van der Waals surface area (Å²) < 4.78 is 5.36. The number of amides is 2. The molecule has 0 N–H and O–H groups in total. The van der Waals surface area contributed by atoms with Gasteiger partial charge in [-0.25, -0.2) is 0 Å². The summed E-state index contributed by atoms with van der Waals surface area (Å²) in [5.41, 5.74) is -0.0729. The van der Waals surface area contributed by atoms with Gasteiger partial charge in [0, 0.05) is 19.1 Å². The summed E-state index contributed by atoms with van der Waals surface area (Å²) in [5.74, 6) is 0.680. The highest BCUT2D eigenvalue weighted by molar-refractivity contribution is 6.01. The topological polar surface area (TPSA) is 49.9 Å². The van der Waals surface area contributed by atoms with Crippen molar-refractivity contribution in [2.24, 2.45) is 0 Å². The number of piperidine rings is 1. The predicted molar refractivity (Wildman–Crippen MR) is 90.0 cm³/mol. The summed E-state index contributed by atoms with van der Waals surface area (Å²) >= 11 is 0. The molecule has 1 atom stereocenters. The number of methoxy groups -OCH3 is 1. The number of carbonyl (C=O) groups excluding carboxylic acids is 2. The zero-order valence-corrected chi connectivity index (χ0v) is 14.2. The van der Waals surface area contributed by atoms with Crippen molar-refractivity contribution in [3.63, 3.8) is 0 Å². The average molecular weight is 328 g/mol. The summed E-state index contributed by atoms with van der Waals surface area (Å²) in [7, 11) is 1.58. The SMILES string of the molecule is COc1ccccc1C(=O)N1CCCC12CCCN(C1CC1)C2=O. The fourth-order valence-corrected chi connectivity index (χ4v) is 4.38. The molecule has 0 aromatic heterocycles. The predicted octanol–water partition coefficient (Wildman–Crippen LogP) is 2.45. The molecule has 128 valence electrons. The van der Waals surface area contributed by atoms with Crippen LogP contribution >= 0.6 is 0 Å². The minimum Gasteiger partial charge on any atom is -0.496 e. The molecule has 1 aromatic carbocycles. The van der Waals surface area contributed by atoms with Gasteiger partial charge < -0.3 is 14.5 Å². The number of hydrogen-bond acceptors (Lipinski definition) is 3. The number of nitrogens with zero attached hydrogens (tertiary/aromatic N) is 2. The maximum atomic E-state index is 13.2. The minimum absolute atomic E-state index is 0.0732. The van der Waals surface area contributed by atoms with E-state index in [9.17, 15) is 9.59 Å². The van der Waals surface area contributed by atoms with E-state index in [4.69, 9.17) is 4.74 Å². The molecule has 3 aliphatic rings. The fraction of sp³-hybridized carbons (Fsp3) is 0.579. The lowest BCUT2D eigenvalue weighted by Gasteiger charge is -2.44. The maximum Gasteiger partial charge on any atom is 0.258 e. The first kappa shape index (κ1) is 15.5. The number of rotatable bonds is 3. The highest BCUT2D eigenvalue weighted by Crippen LogP contribution is 2.42. The lowest BCUT2D eigenvalue weighted by atomic mass is 9.85. The normalized spacial score (nSPS) is 27.0. The van der Waals surface area contributed by atoms with Crippen LogP contribution in [0.1, 0.15) is 48.9 Å². The van der Waals surface area contributed by atoms with Crippen molar-refractivity contribution in [3.05, 3.63) is 29.8 Å². The van der Waals surface area contributed by atoms with Gasteiger partial charge >= 0.3 is 0 Å². The van der Waals surface area contributed by atoms with Crippen LogP contribution in [0, 0.1) is 0 Å². The lowest BCUT2D eigenvalue weighted by Crippen LogP contribution is -2.61. The third-order valence-corrected chi connectivity index (χ3v) is 5.71. The van der Waals surface area contributed by atoms with Crippen molar-refractivity contribution in [2.45, 2.75) is 50.1 Å². The summed E-state index contributed by atoms with van der Waals surface area (Å²) in [6, 6.07) is 7.71. The molecule has 24 heavy (non-hydrogen) atoms. The van der Waals surface area contributed by atoms with Gasteiger partial charge in [-0.15, -0.1) is 0 Å². The van der Waals surface area contributed by atoms with Crippen LogP contribution in [-0.2, 0) is 4.79 Å². The van der Waals surface area contributed by atoms with Crippen LogP contribution in [0.5, 0.6) is 5.75 Å². The first-order valence-corrected chi connectivity index (χ1v) is 8.93. The quantitative estimate of drug-likeness (QED) is 0.856.